The zero-order chi connectivity index (χ0) is 18.8. The van der Waals surface area contributed by atoms with E-state index >= 15 is 0 Å². The molecule has 0 aliphatic carbocycles. The molecule has 0 bridgehead atoms. The van der Waals surface area contributed by atoms with Crippen molar-refractivity contribution in [3.8, 4) is 5.75 Å². The molecule has 0 aromatic heterocycles. The summed E-state index contributed by atoms with van der Waals surface area (Å²) in [4.78, 5) is 12.2. The van der Waals surface area contributed by atoms with E-state index in [1.807, 2.05) is 68.4 Å². The molecule has 1 amide bonds. The van der Waals surface area contributed by atoms with Crippen LogP contribution in [0.3, 0.4) is 0 Å². The van der Waals surface area contributed by atoms with Gasteiger partial charge in [-0.2, -0.15) is 0 Å². The number of benzene rings is 2. The van der Waals surface area contributed by atoms with Crippen molar-refractivity contribution in [2.24, 2.45) is 11.7 Å². The SMILES string of the molecule is CCC(C)C(N)C(=O)Nc1cccc(COCCOc2ccccc2)c1.Cl. The molecule has 3 N–H and O–H groups in total. The maximum absolute atomic E-state index is 12.2. The van der Waals surface area contributed by atoms with E-state index in [9.17, 15) is 4.79 Å². The Bertz CT molecular complexity index is 682. The summed E-state index contributed by atoms with van der Waals surface area (Å²) in [6.45, 7) is 5.44. The number of nitrogens with two attached hydrogens (primary N) is 1. The van der Waals surface area contributed by atoms with Gasteiger partial charge in [-0.3, -0.25) is 4.79 Å². The molecular formula is C21H29ClN2O3. The summed E-state index contributed by atoms with van der Waals surface area (Å²) in [5, 5.41) is 2.88. The molecule has 2 aromatic rings. The van der Waals surface area contributed by atoms with Gasteiger partial charge >= 0.3 is 0 Å². The topological polar surface area (TPSA) is 73.6 Å². The van der Waals surface area contributed by atoms with Gasteiger partial charge in [0.15, 0.2) is 0 Å². The molecule has 2 atom stereocenters. The summed E-state index contributed by atoms with van der Waals surface area (Å²) < 4.78 is 11.2. The summed E-state index contributed by atoms with van der Waals surface area (Å²) in [6.07, 6.45) is 0.869. The molecule has 0 saturated carbocycles. The second kappa shape index (κ2) is 12.3. The van der Waals surface area contributed by atoms with Crippen molar-refractivity contribution in [3.63, 3.8) is 0 Å². The minimum Gasteiger partial charge on any atom is -0.491 e. The summed E-state index contributed by atoms with van der Waals surface area (Å²) in [5.41, 5.74) is 7.69. The molecule has 0 saturated heterocycles. The predicted octanol–water partition coefficient (Wildman–Crippen LogP) is 4.02. The van der Waals surface area contributed by atoms with Gasteiger partial charge in [0.25, 0.3) is 0 Å². The van der Waals surface area contributed by atoms with Crippen molar-refractivity contribution < 1.29 is 14.3 Å². The van der Waals surface area contributed by atoms with Gasteiger partial charge < -0.3 is 20.5 Å². The average Bonchev–Trinajstić information content (AvgIpc) is 2.67. The summed E-state index contributed by atoms with van der Waals surface area (Å²) in [5.74, 6) is 0.818. The first kappa shape index (κ1) is 23.0. The lowest BCUT2D eigenvalue weighted by molar-refractivity contribution is -0.118. The van der Waals surface area contributed by atoms with Crippen molar-refractivity contribution in [2.75, 3.05) is 18.5 Å². The van der Waals surface area contributed by atoms with Crippen LogP contribution in [0.15, 0.2) is 54.6 Å². The Morgan fingerprint density at radius 2 is 1.85 bits per heavy atom. The Kier molecular flexibility index (Phi) is 10.5. The Labute approximate surface area is 167 Å². The summed E-state index contributed by atoms with van der Waals surface area (Å²) >= 11 is 0. The third-order valence-electron chi connectivity index (χ3n) is 4.26. The number of hydrogen-bond acceptors (Lipinski definition) is 4. The monoisotopic (exact) mass is 392 g/mol. The maximum atomic E-state index is 12.2. The molecule has 0 spiro atoms. The van der Waals surface area contributed by atoms with Gasteiger partial charge in [0.2, 0.25) is 5.91 Å². The van der Waals surface area contributed by atoms with Crippen LogP contribution in [-0.4, -0.2) is 25.2 Å². The fraction of sp³-hybridized carbons (Fsp3) is 0.381. The van der Waals surface area contributed by atoms with Gasteiger partial charge in [0.1, 0.15) is 12.4 Å². The smallest absolute Gasteiger partial charge is 0.241 e. The highest BCUT2D eigenvalue weighted by molar-refractivity contribution is 5.94. The number of nitrogens with one attached hydrogen (secondary N) is 1. The molecule has 0 heterocycles. The molecule has 27 heavy (non-hydrogen) atoms. The Morgan fingerprint density at radius 3 is 2.56 bits per heavy atom. The van der Waals surface area contributed by atoms with E-state index < -0.39 is 6.04 Å². The molecule has 5 nitrogen and oxygen atoms in total. The van der Waals surface area contributed by atoms with Crippen molar-refractivity contribution in [1.82, 2.24) is 0 Å². The van der Waals surface area contributed by atoms with Crippen LogP contribution >= 0.6 is 12.4 Å². The molecule has 2 unspecified atom stereocenters. The summed E-state index contributed by atoms with van der Waals surface area (Å²) in [7, 11) is 0. The van der Waals surface area contributed by atoms with Gasteiger partial charge in [0, 0.05) is 5.69 Å². The summed E-state index contributed by atoms with van der Waals surface area (Å²) in [6, 6.07) is 16.7. The number of para-hydroxylation sites is 1. The number of ether oxygens (including phenoxy) is 2. The van der Waals surface area contributed by atoms with Crippen LogP contribution in [0, 0.1) is 5.92 Å². The molecule has 148 valence electrons. The van der Waals surface area contributed by atoms with Crippen LogP contribution in [0.4, 0.5) is 5.69 Å². The number of hydrogen-bond donors (Lipinski definition) is 2. The van der Waals surface area contributed by atoms with Gasteiger partial charge in [-0.1, -0.05) is 50.6 Å². The lowest BCUT2D eigenvalue weighted by Crippen LogP contribution is -2.40. The number of carbonyl (C=O) groups excluding carboxylic acids is 1. The average molecular weight is 393 g/mol. The number of halogens is 1. The maximum Gasteiger partial charge on any atom is 0.241 e. The third-order valence-corrected chi connectivity index (χ3v) is 4.26. The van der Waals surface area contributed by atoms with Crippen LogP contribution in [0.25, 0.3) is 0 Å². The fourth-order valence-corrected chi connectivity index (χ4v) is 2.40. The first-order valence-electron chi connectivity index (χ1n) is 9.01. The lowest BCUT2D eigenvalue weighted by Gasteiger charge is -2.18. The number of rotatable bonds is 10. The molecule has 2 rings (SSSR count). The highest BCUT2D eigenvalue weighted by Gasteiger charge is 2.19. The predicted molar refractivity (Wildman–Crippen MR) is 111 cm³/mol. The minimum atomic E-state index is -0.505. The molecule has 0 fully saturated rings. The Balaban J connectivity index is 0.00000364. The van der Waals surface area contributed by atoms with E-state index in [-0.39, 0.29) is 24.2 Å². The third kappa shape index (κ3) is 7.99. The van der Waals surface area contributed by atoms with Crippen molar-refractivity contribution in [3.05, 3.63) is 60.2 Å². The minimum absolute atomic E-state index is 0. The molecular weight excluding hydrogens is 364 g/mol. The molecule has 6 heteroatoms. The van der Waals surface area contributed by atoms with Crippen molar-refractivity contribution >= 4 is 24.0 Å². The normalized spacial score (nSPS) is 12.6. The first-order valence-corrected chi connectivity index (χ1v) is 9.01. The van der Waals surface area contributed by atoms with Crippen LogP contribution < -0.4 is 15.8 Å². The van der Waals surface area contributed by atoms with E-state index in [2.05, 4.69) is 5.32 Å². The molecule has 0 radical (unpaired) electrons. The second-order valence-corrected chi connectivity index (χ2v) is 6.32. The first-order chi connectivity index (χ1) is 12.6. The standard InChI is InChI=1S/C21H28N2O3.ClH/c1-3-16(2)20(22)21(24)23-18-9-7-8-17(14-18)15-25-12-13-26-19-10-5-4-6-11-19;/h4-11,14,16,20H,3,12-13,15,22H2,1-2H3,(H,23,24);1H. The quantitative estimate of drug-likeness (QED) is 0.599. The number of carbonyl (C=O) groups is 1. The van der Waals surface area contributed by atoms with Gasteiger partial charge in [-0.25, -0.2) is 0 Å². The highest BCUT2D eigenvalue weighted by atomic mass is 35.5. The van der Waals surface area contributed by atoms with E-state index in [0.717, 1.165) is 23.4 Å². The van der Waals surface area contributed by atoms with E-state index in [4.69, 9.17) is 15.2 Å². The second-order valence-electron chi connectivity index (χ2n) is 6.32. The van der Waals surface area contributed by atoms with Crippen LogP contribution in [0.5, 0.6) is 5.75 Å². The zero-order valence-corrected chi connectivity index (χ0v) is 16.7. The Morgan fingerprint density at radius 1 is 1.11 bits per heavy atom. The lowest BCUT2D eigenvalue weighted by atomic mass is 9.99. The number of anilines is 1. The van der Waals surface area contributed by atoms with E-state index in [0.29, 0.717) is 19.8 Å². The largest absolute Gasteiger partial charge is 0.491 e. The molecule has 0 aliphatic rings. The van der Waals surface area contributed by atoms with Crippen LogP contribution in [0.2, 0.25) is 0 Å². The zero-order valence-electron chi connectivity index (χ0n) is 15.9. The van der Waals surface area contributed by atoms with Gasteiger partial charge in [-0.15, -0.1) is 12.4 Å². The Hall–Kier alpha value is -2.08. The molecule has 2 aromatic carbocycles. The van der Waals surface area contributed by atoms with Gasteiger partial charge in [-0.05, 0) is 35.7 Å². The van der Waals surface area contributed by atoms with E-state index in [1.54, 1.807) is 0 Å². The number of amides is 1. The molecule has 0 aliphatic heterocycles. The van der Waals surface area contributed by atoms with Crippen molar-refractivity contribution in [1.29, 1.82) is 0 Å². The van der Waals surface area contributed by atoms with Crippen LogP contribution in [-0.2, 0) is 16.1 Å². The van der Waals surface area contributed by atoms with E-state index in [1.165, 1.54) is 0 Å². The highest BCUT2D eigenvalue weighted by Crippen LogP contribution is 2.14. The van der Waals surface area contributed by atoms with Gasteiger partial charge in [0.05, 0.1) is 19.3 Å². The fourth-order valence-electron chi connectivity index (χ4n) is 2.40. The van der Waals surface area contributed by atoms with Crippen LogP contribution in [0.1, 0.15) is 25.8 Å². The van der Waals surface area contributed by atoms with Crippen molar-refractivity contribution in [2.45, 2.75) is 32.9 Å².